The fourth-order valence-corrected chi connectivity index (χ4v) is 6.53. The number of nitrogens with zero attached hydrogens (tertiary/aromatic N) is 6. The third-order valence-corrected chi connectivity index (χ3v) is 9.04. The van der Waals surface area contributed by atoms with E-state index in [9.17, 15) is 4.79 Å². The van der Waals surface area contributed by atoms with Crippen LogP contribution in [0.25, 0.3) is 9.53 Å². The highest BCUT2D eigenvalue weighted by Crippen LogP contribution is 2.39. The summed E-state index contributed by atoms with van der Waals surface area (Å²) < 4.78 is 17.3. The van der Waals surface area contributed by atoms with Crippen molar-refractivity contribution in [1.82, 2.24) is 4.98 Å². The highest BCUT2D eigenvalue weighted by molar-refractivity contribution is 7.30. The van der Waals surface area contributed by atoms with Crippen LogP contribution in [0.3, 0.4) is 0 Å². The Morgan fingerprint density at radius 2 is 1.49 bits per heavy atom. The van der Waals surface area contributed by atoms with Gasteiger partial charge >= 0.3 is 5.97 Å². The first-order chi connectivity index (χ1) is 22.2. The topological polar surface area (TPSA) is 110 Å². The zero-order valence-corrected chi connectivity index (χ0v) is 26.9. The van der Waals surface area contributed by atoms with Crippen molar-refractivity contribution in [1.29, 1.82) is 0 Å². The molecule has 0 spiro atoms. The third-order valence-electron chi connectivity index (χ3n) is 7.11. The minimum absolute atomic E-state index is 0.345. The quantitative estimate of drug-likeness (QED) is 0.0489. The molecule has 0 N–H and O–H groups in total. The van der Waals surface area contributed by atoms with Crippen LogP contribution in [0.2, 0.25) is 0 Å². The van der Waals surface area contributed by atoms with Gasteiger partial charge in [0.05, 0.1) is 42.5 Å². The molecule has 4 aromatic rings. The molecular weight excluding hydrogens is 609 g/mol. The number of morpholine rings is 1. The first-order valence-electron chi connectivity index (χ1n) is 15.3. The van der Waals surface area contributed by atoms with Gasteiger partial charge in [-0.15, -0.1) is 20.5 Å². The van der Waals surface area contributed by atoms with E-state index in [0.717, 1.165) is 90.1 Å². The van der Waals surface area contributed by atoms with Crippen molar-refractivity contribution in [2.24, 2.45) is 20.5 Å². The Labute approximate surface area is 271 Å². The summed E-state index contributed by atoms with van der Waals surface area (Å²) in [5.74, 6) is 0.487. The molecule has 0 saturated carbocycles. The van der Waals surface area contributed by atoms with Crippen molar-refractivity contribution < 1.29 is 19.0 Å². The fraction of sp³-hybridized carbons (Fsp3) is 0.394. The molecule has 2 aromatic heterocycles. The summed E-state index contributed by atoms with van der Waals surface area (Å²) in [5, 5.41) is 18.9. The molecule has 236 valence electrons. The molecule has 0 amide bonds. The number of ether oxygens (including phenoxy) is 3. The average molecular weight is 647 g/mol. The highest BCUT2D eigenvalue weighted by Gasteiger charge is 2.11. The van der Waals surface area contributed by atoms with E-state index >= 15 is 0 Å². The standard InChI is InChI=1S/C33H38N6O4S2/c1-2-31(40)43-21-9-7-5-3-4-6-8-20-42-28-16-12-26(13-17-28)35-37-30-24-29-32(45-30)34-33(44-29)38-36-25-10-14-27(15-11-25)39-18-22-41-23-19-39/h2,10-17,24H,1,3-9,18-23H2. The van der Waals surface area contributed by atoms with Gasteiger partial charge < -0.3 is 19.1 Å². The molecule has 2 aromatic carbocycles. The predicted octanol–water partition coefficient (Wildman–Crippen LogP) is 9.86. The van der Waals surface area contributed by atoms with Gasteiger partial charge in [0.15, 0.2) is 0 Å². The van der Waals surface area contributed by atoms with Crippen LogP contribution in [0, 0.1) is 0 Å². The Bertz CT molecular complexity index is 1530. The van der Waals surface area contributed by atoms with Crippen molar-refractivity contribution in [2.75, 3.05) is 44.4 Å². The summed E-state index contributed by atoms with van der Waals surface area (Å²) in [5.41, 5.74) is 2.73. The monoisotopic (exact) mass is 646 g/mol. The number of aromatic nitrogens is 1. The molecule has 3 heterocycles. The molecule has 0 radical (unpaired) electrons. The van der Waals surface area contributed by atoms with Crippen molar-refractivity contribution in [2.45, 2.75) is 44.9 Å². The minimum Gasteiger partial charge on any atom is -0.494 e. The van der Waals surface area contributed by atoms with E-state index in [0.29, 0.717) is 18.3 Å². The number of hydrogen-bond donors (Lipinski definition) is 0. The summed E-state index contributed by atoms with van der Waals surface area (Å²) >= 11 is 2.97. The molecule has 45 heavy (non-hydrogen) atoms. The zero-order chi connectivity index (χ0) is 31.1. The van der Waals surface area contributed by atoms with Crippen molar-refractivity contribution >= 4 is 65.4 Å². The Morgan fingerprint density at radius 1 is 0.844 bits per heavy atom. The number of benzene rings is 2. The lowest BCUT2D eigenvalue weighted by atomic mass is 10.1. The molecule has 5 rings (SSSR count). The van der Waals surface area contributed by atoms with Crippen molar-refractivity contribution in [3.63, 3.8) is 0 Å². The molecule has 0 aliphatic carbocycles. The van der Waals surface area contributed by atoms with E-state index in [2.05, 4.69) is 49.1 Å². The maximum Gasteiger partial charge on any atom is 0.330 e. The lowest BCUT2D eigenvalue weighted by Crippen LogP contribution is -2.36. The van der Waals surface area contributed by atoms with Crippen LogP contribution in [0.15, 0.2) is 87.7 Å². The van der Waals surface area contributed by atoms with Gasteiger partial charge in [-0.2, -0.15) is 0 Å². The number of carbonyl (C=O) groups excluding carboxylic acids is 1. The van der Waals surface area contributed by atoms with E-state index in [-0.39, 0.29) is 5.97 Å². The molecule has 1 saturated heterocycles. The van der Waals surface area contributed by atoms with Crippen molar-refractivity contribution in [3.8, 4) is 5.75 Å². The number of carbonyl (C=O) groups is 1. The Balaban J connectivity index is 0.988. The molecule has 10 nitrogen and oxygen atoms in total. The van der Waals surface area contributed by atoms with Crippen LogP contribution < -0.4 is 9.64 Å². The van der Waals surface area contributed by atoms with E-state index in [4.69, 9.17) is 14.2 Å². The van der Waals surface area contributed by atoms with Crippen LogP contribution >= 0.6 is 22.7 Å². The second-order valence-corrected chi connectivity index (χ2v) is 12.5. The van der Waals surface area contributed by atoms with Gasteiger partial charge in [0.25, 0.3) is 0 Å². The van der Waals surface area contributed by atoms with Gasteiger partial charge in [0, 0.05) is 24.9 Å². The summed E-state index contributed by atoms with van der Waals surface area (Å²) in [6.45, 7) is 7.90. The van der Waals surface area contributed by atoms with E-state index in [1.165, 1.54) is 47.3 Å². The zero-order valence-electron chi connectivity index (χ0n) is 25.3. The SMILES string of the molecule is C=CC(=O)OCCCCCCCCCOc1ccc(N=Nc2cc3sc(N=Nc4ccc(N5CCOCC5)cc4)nc3s2)cc1. The van der Waals surface area contributed by atoms with Crippen LogP contribution in [0.5, 0.6) is 5.75 Å². The Kier molecular flexibility index (Phi) is 12.6. The number of thiazole rings is 1. The first-order valence-corrected chi connectivity index (χ1v) is 17.0. The number of hydrogen-bond acceptors (Lipinski definition) is 12. The van der Waals surface area contributed by atoms with Gasteiger partial charge in [0.2, 0.25) is 5.13 Å². The average Bonchev–Trinajstić information content (AvgIpc) is 3.65. The Morgan fingerprint density at radius 3 is 2.18 bits per heavy atom. The number of anilines is 1. The van der Waals surface area contributed by atoms with E-state index in [1.807, 2.05) is 42.5 Å². The van der Waals surface area contributed by atoms with E-state index in [1.54, 1.807) is 0 Å². The summed E-state index contributed by atoms with van der Waals surface area (Å²) in [4.78, 5) is 18.8. The molecular formula is C33H38N6O4S2. The fourth-order valence-electron chi connectivity index (χ4n) is 4.68. The number of esters is 1. The number of unbranched alkanes of at least 4 members (excludes halogenated alkanes) is 6. The van der Waals surface area contributed by atoms with Gasteiger partial charge in [-0.1, -0.05) is 61.4 Å². The highest BCUT2D eigenvalue weighted by atomic mass is 32.1. The lowest BCUT2D eigenvalue weighted by Gasteiger charge is -2.28. The van der Waals surface area contributed by atoms with Crippen molar-refractivity contribution in [3.05, 3.63) is 67.3 Å². The smallest absolute Gasteiger partial charge is 0.330 e. The van der Waals surface area contributed by atoms with Gasteiger partial charge in [-0.25, -0.2) is 9.78 Å². The summed E-state index contributed by atoms with van der Waals surface area (Å²) in [7, 11) is 0. The van der Waals surface area contributed by atoms with Crippen LogP contribution in [-0.4, -0.2) is 50.5 Å². The van der Waals surface area contributed by atoms with Gasteiger partial charge in [0.1, 0.15) is 15.6 Å². The first kappa shape index (κ1) is 32.4. The second kappa shape index (κ2) is 17.5. The van der Waals surface area contributed by atoms with E-state index < -0.39 is 0 Å². The Hall–Kier alpha value is -4.00. The normalized spacial score (nSPS) is 13.6. The molecule has 0 atom stereocenters. The third kappa shape index (κ3) is 10.5. The van der Waals surface area contributed by atoms with Crippen LogP contribution in [0.1, 0.15) is 44.9 Å². The number of fused-ring (bicyclic) bond motifs is 1. The lowest BCUT2D eigenvalue weighted by molar-refractivity contribution is -0.137. The molecule has 1 fully saturated rings. The van der Waals surface area contributed by atoms with Gasteiger partial charge in [-0.05, 0) is 67.4 Å². The van der Waals surface area contributed by atoms with Gasteiger partial charge in [-0.3, -0.25) is 0 Å². The second-order valence-electron chi connectivity index (χ2n) is 10.5. The molecule has 12 heteroatoms. The van der Waals surface area contributed by atoms with Crippen LogP contribution in [0.4, 0.5) is 27.2 Å². The predicted molar refractivity (Wildman–Crippen MR) is 181 cm³/mol. The molecule has 0 bridgehead atoms. The number of rotatable bonds is 17. The largest absolute Gasteiger partial charge is 0.494 e. The maximum absolute atomic E-state index is 11.0. The molecule has 1 aliphatic heterocycles. The molecule has 0 unspecified atom stereocenters. The molecule has 1 aliphatic rings. The summed E-state index contributed by atoms with van der Waals surface area (Å²) in [6, 6.07) is 17.7. The minimum atomic E-state index is -0.345. The van der Waals surface area contributed by atoms with Crippen LogP contribution in [-0.2, 0) is 14.3 Å². The summed E-state index contributed by atoms with van der Waals surface area (Å²) in [6.07, 6.45) is 8.86. The number of thiophene rings is 1. The maximum atomic E-state index is 11.0. The number of azo groups is 2.